The van der Waals surface area contributed by atoms with Gasteiger partial charge in [-0.25, -0.2) is 8.42 Å². The zero-order valence-electron chi connectivity index (χ0n) is 15.8. The van der Waals surface area contributed by atoms with E-state index in [1.807, 2.05) is 43.3 Å². The quantitative estimate of drug-likeness (QED) is 0.765. The van der Waals surface area contributed by atoms with Crippen LogP contribution in [0.2, 0.25) is 0 Å². The molecular formula is C21H26N2O3S. The highest BCUT2D eigenvalue weighted by Gasteiger charge is 2.45. The largest absolute Gasteiger partial charge is 0.351 e. The summed E-state index contributed by atoms with van der Waals surface area (Å²) in [5.41, 5.74) is 3.23. The minimum absolute atomic E-state index is 0.0278. The van der Waals surface area contributed by atoms with Gasteiger partial charge >= 0.3 is 0 Å². The van der Waals surface area contributed by atoms with Crippen LogP contribution >= 0.6 is 0 Å². The van der Waals surface area contributed by atoms with Gasteiger partial charge in [0.25, 0.3) is 0 Å². The second-order valence-corrected chi connectivity index (χ2v) is 9.14. The number of benzene rings is 2. The smallest absolute Gasteiger partial charge is 0.232 e. The van der Waals surface area contributed by atoms with Crippen LogP contribution in [0.25, 0.3) is 0 Å². The number of amides is 1. The number of sulfonamides is 1. The summed E-state index contributed by atoms with van der Waals surface area (Å²) in [6.07, 6.45) is 2.64. The molecule has 144 valence electrons. The molecule has 0 heterocycles. The maximum Gasteiger partial charge on any atom is 0.232 e. The summed E-state index contributed by atoms with van der Waals surface area (Å²) in [6.45, 7) is 4.15. The molecule has 0 spiro atoms. The van der Waals surface area contributed by atoms with Gasteiger partial charge in [-0.3, -0.25) is 9.52 Å². The average Bonchev–Trinajstić information content (AvgIpc) is 2.61. The van der Waals surface area contributed by atoms with Crippen LogP contribution in [0, 0.1) is 6.92 Å². The third-order valence-corrected chi connectivity index (χ3v) is 6.74. The lowest BCUT2D eigenvalue weighted by Crippen LogP contribution is -2.49. The Hall–Kier alpha value is -2.34. The minimum atomic E-state index is -3.30. The summed E-state index contributed by atoms with van der Waals surface area (Å²) in [5, 5.41) is 3.09. The third-order valence-electron chi connectivity index (χ3n) is 5.43. The second kappa shape index (κ2) is 7.72. The monoisotopic (exact) mass is 386 g/mol. The fourth-order valence-corrected chi connectivity index (χ4v) is 4.08. The van der Waals surface area contributed by atoms with Crippen molar-refractivity contribution in [2.75, 3.05) is 10.5 Å². The van der Waals surface area contributed by atoms with Crippen LogP contribution in [-0.4, -0.2) is 20.1 Å². The van der Waals surface area contributed by atoms with E-state index in [1.165, 1.54) is 0 Å². The molecule has 1 aliphatic carbocycles. The molecule has 27 heavy (non-hydrogen) atoms. The molecule has 2 N–H and O–H groups in total. The fourth-order valence-electron chi connectivity index (χ4n) is 3.44. The van der Waals surface area contributed by atoms with E-state index in [0.29, 0.717) is 12.2 Å². The SMILES string of the molecule is CCS(=O)(=O)Nc1ccc(C2(C(=O)NCc3ccccc3C)CCC2)cc1. The first-order valence-corrected chi connectivity index (χ1v) is 11.0. The zero-order chi connectivity index (χ0) is 19.5. The van der Waals surface area contributed by atoms with E-state index in [1.54, 1.807) is 19.1 Å². The number of carbonyl (C=O) groups is 1. The Balaban J connectivity index is 1.73. The molecule has 0 radical (unpaired) electrons. The second-order valence-electron chi connectivity index (χ2n) is 7.13. The van der Waals surface area contributed by atoms with Crippen molar-refractivity contribution in [3.8, 4) is 0 Å². The van der Waals surface area contributed by atoms with Crippen LogP contribution in [0.1, 0.15) is 42.9 Å². The summed E-state index contributed by atoms with van der Waals surface area (Å²) in [6, 6.07) is 15.2. The molecule has 0 atom stereocenters. The molecule has 0 aromatic heterocycles. The highest BCUT2D eigenvalue weighted by Crippen LogP contribution is 2.44. The van der Waals surface area contributed by atoms with Crippen molar-refractivity contribution in [2.24, 2.45) is 0 Å². The molecule has 0 saturated heterocycles. The number of rotatable bonds is 7. The molecule has 0 aliphatic heterocycles. The number of carbonyl (C=O) groups excluding carboxylic acids is 1. The number of hydrogen-bond acceptors (Lipinski definition) is 3. The summed E-state index contributed by atoms with van der Waals surface area (Å²) < 4.78 is 25.9. The van der Waals surface area contributed by atoms with Crippen LogP contribution in [0.5, 0.6) is 0 Å². The lowest BCUT2D eigenvalue weighted by atomic mass is 9.63. The average molecular weight is 387 g/mol. The Morgan fingerprint density at radius 1 is 1.07 bits per heavy atom. The Bertz CT molecular complexity index is 917. The summed E-state index contributed by atoms with van der Waals surface area (Å²) in [4.78, 5) is 13.0. The molecule has 1 saturated carbocycles. The van der Waals surface area contributed by atoms with E-state index in [9.17, 15) is 13.2 Å². The molecule has 3 rings (SSSR count). The van der Waals surface area contributed by atoms with E-state index in [-0.39, 0.29) is 11.7 Å². The lowest BCUT2D eigenvalue weighted by Gasteiger charge is -2.41. The number of hydrogen-bond donors (Lipinski definition) is 2. The molecule has 1 fully saturated rings. The molecule has 0 unspecified atom stereocenters. The van der Waals surface area contributed by atoms with Crippen molar-refractivity contribution in [2.45, 2.75) is 45.1 Å². The molecule has 2 aromatic carbocycles. The van der Waals surface area contributed by atoms with E-state index in [4.69, 9.17) is 0 Å². The first-order valence-electron chi connectivity index (χ1n) is 9.30. The normalized spacial score (nSPS) is 15.6. The van der Waals surface area contributed by atoms with Gasteiger partial charge in [0.15, 0.2) is 0 Å². The van der Waals surface area contributed by atoms with Gasteiger partial charge in [0, 0.05) is 12.2 Å². The van der Waals surface area contributed by atoms with Gasteiger partial charge in [0.1, 0.15) is 0 Å². The Labute approximate surface area is 161 Å². The van der Waals surface area contributed by atoms with Crippen LogP contribution in [0.15, 0.2) is 48.5 Å². The van der Waals surface area contributed by atoms with Gasteiger partial charge in [-0.1, -0.05) is 42.8 Å². The molecular weight excluding hydrogens is 360 g/mol. The van der Waals surface area contributed by atoms with Crippen molar-refractivity contribution in [1.82, 2.24) is 5.32 Å². The third kappa shape index (κ3) is 4.16. The van der Waals surface area contributed by atoms with Gasteiger partial charge in [0.05, 0.1) is 11.2 Å². The van der Waals surface area contributed by atoms with Crippen molar-refractivity contribution in [3.63, 3.8) is 0 Å². The zero-order valence-corrected chi connectivity index (χ0v) is 16.6. The fraction of sp³-hybridized carbons (Fsp3) is 0.381. The maximum absolute atomic E-state index is 13.0. The lowest BCUT2D eigenvalue weighted by molar-refractivity contribution is -0.130. The Kier molecular flexibility index (Phi) is 5.56. The van der Waals surface area contributed by atoms with Gasteiger partial charge in [0.2, 0.25) is 15.9 Å². The molecule has 0 bridgehead atoms. The highest BCUT2D eigenvalue weighted by molar-refractivity contribution is 7.92. The van der Waals surface area contributed by atoms with Crippen LogP contribution < -0.4 is 10.0 Å². The molecule has 5 nitrogen and oxygen atoms in total. The van der Waals surface area contributed by atoms with E-state index in [2.05, 4.69) is 10.0 Å². The number of nitrogens with one attached hydrogen (secondary N) is 2. The topological polar surface area (TPSA) is 75.3 Å². The maximum atomic E-state index is 13.0. The van der Waals surface area contributed by atoms with Gasteiger partial charge in [-0.15, -0.1) is 0 Å². The first kappa shape index (κ1) is 19.4. The minimum Gasteiger partial charge on any atom is -0.351 e. The highest BCUT2D eigenvalue weighted by atomic mass is 32.2. The number of anilines is 1. The molecule has 6 heteroatoms. The standard InChI is InChI=1S/C21H26N2O3S/c1-3-27(25,26)23-19-11-9-18(10-12-19)21(13-6-14-21)20(24)22-15-17-8-5-4-7-16(17)2/h4-5,7-12,23H,3,6,13-15H2,1-2H3,(H,22,24). The van der Waals surface area contributed by atoms with Gasteiger partial charge in [-0.2, -0.15) is 0 Å². The summed E-state index contributed by atoms with van der Waals surface area (Å²) in [7, 11) is -3.30. The molecule has 1 aliphatic rings. The van der Waals surface area contributed by atoms with Gasteiger partial charge in [-0.05, 0) is 55.5 Å². The van der Waals surface area contributed by atoms with Crippen molar-refractivity contribution in [1.29, 1.82) is 0 Å². The van der Waals surface area contributed by atoms with Gasteiger partial charge < -0.3 is 5.32 Å². The van der Waals surface area contributed by atoms with Crippen molar-refractivity contribution in [3.05, 3.63) is 65.2 Å². The van der Waals surface area contributed by atoms with Crippen LogP contribution in [0.3, 0.4) is 0 Å². The van der Waals surface area contributed by atoms with Crippen LogP contribution in [-0.2, 0) is 26.8 Å². The van der Waals surface area contributed by atoms with E-state index >= 15 is 0 Å². The Morgan fingerprint density at radius 3 is 2.30 bits per heavy atom. The molecule has 1 amide bonds. The van der Waals surface area contributed by atoms with Crippen LogP contribution in [0.4, 0.5) is 5.69 Å². The van der Waals surface area contributed by atoms with E-state index < -0.39 is 15.4 Å². The summed E-state index contributed by atoms with van der Waals surface area (Å²) >= 11 is 0. The predicted octanol–water partition coefficient (Wildman–Crippen LogP) is 3.49. The first-order chi connectivity index (χ1) is 12.9. The predicted molar refractivity (Wildman–Crippen MR) is 108 cm³/mol. The summed E-state index contributed by atoms with van der Waals surface area (Å²) in [5.74, 6) is 0.0684. The Morgan fingerprint density at radius 2 is 1.74 bits per heavy atom. The van der Waals surface area contributed by atoms with Crippen molar-refractivity contribution >= 4 is 21.6 Å². The van der Waals surface area contributed by atoms with Crippen molar-refractivity contribution < 1.29 is 13.2 Å². The molecule has 2 aromatic rings. The number of aryl methyl sites for hydroxylation is 1. The van der Waals surface area contributed by atoms with E-state index in [0.717, 1.165) is 36.0 Å².